The molecule has 2 aliphatic rings. The van der Waals surface area contributed by atoms with Crippen LogP contribution >= 0.6 is 0 Å². The quantitative estimate of drug-likeness (QED) is 0.484. The molecule has 7 heteroatoms. The highest BCUT2D eigenvalue weighted by atomic mass is 16.4. The lowest BCUT2D eigenvalue weighted by atomic mass is 9.86. The molecule has 4 rings (SSSR count). The zero-order chi connectivity index (χ0) is 25.5. The van der Waals surface area contributed by atoms with E-state index in [1.54, 1.807) is 12.1 Å². The third kappa shape index (κ3) is 5.50. The smallest absolute Gasteiger partial charge is 0.305 e. The number of nitrogens with zero attached hydrogens (tertiary/aromatic N) is 2. The fourth-order valence-electron chi connectivity index (χ4n) is 5.38. The number of hydrogen-bond donors (Lipinski definition) is 2. The number of benzene rings is 2. The normalized spacial score (nSPS) is 17.6. The summed E-state index contributed by atoms with van der Waals surface area (Å²) in [6, 6.07) is 17.0. The Morgan fingerprint density at radius 2 is 1.75 bits per heavy atom. The molecule has 0 radical (unpaired) electrons. The lowest BCUT2D eigenvalue weighted by Gasteiger charge is -2.44. The van der Waals surface area contributed by atoms with Crippen molar-refractivity contribution in [2.75, 3.05) is 6.54 Å². The van der Waals surface area contributed by atoms with Crippen molar-refractivity contribution in [2.45, 2.75) is 76.4 Å². The van der Waals surface area contributed by atoms with Crippen molar-refractivity contribution in [1.29, 1.82) is 0 Å². The van der Waals surface area contributed by atoms with Crippen LogP contribution in [0.5, 0.6) is 0 Å². The summed E-state index contributed by atoms with van der Waals surface area (Å²) in [7, 11) is 0. The van der Waals surface area contributed by atoms with Gasteiger partial charge in [-0.3, -0.25) is 19.4 Å². The lowest BCUT2D eigenvalue weighted by Crippen LogP contribution is -2.50. The molecule has 1 aliphatic heterocycles. The summed E-state index contributed by atoms with van der Waals surface area (Å²) in [6.07, 6.45) is 7.67. The number of carbonyl (C=O) groups excluding carboxylic acids is 2. The third-order valence-electron chi connectivity index (χ3n) is 7.22. The number of rotatable bonds is 10. The maximum absolute atomic E-state index is 14.0. The van der Waals surface area contributed by atoms with E-state index in [2.05, 4.69) is 12.2 Å². The van der Waals surface area contributed by atoms with Crippen LogP contribution in [0.2, 0.25) is 0 Å². The van der Waals surface area contributed by atoms with Gasteiger partial charge in [-0.15, -0.1) is 0 Å². The first-order valence-electron chi connectivity index (χ1n) is 13.0. The van der Waals surface area contributed by atoms with Crippen molar-refractivity contribution in [2.24, 2.45) is 4.99 Å². The van der Waals surface area contributed by atoms with Crippen molar-refractivity contribution in [1.82, 2.24) is 10.2 Å². The van der Waals surface area contributed by atoms with E-state index >= 15 is 0 Å². The standard InChI is InChI=1S/C29H35N3O4/c1-2-3-12-24(21-13-15-23(16-14-21)27(35)30-20-17-25(33)34)32-28(36)26(22-10-6-4-7-11-22)31-29(32)18-8-5-9-19-29/h4,6-7,10-11,13-16,24H,2-3,5,8-9,12,17-20H2,1H3,(H,30,35)(H,33,34)/t24-/m1/s1. The molecule has 2 amide bonds. The average Bonchev–Trinajstić information content (AvgIpc) is 3.16. The number of carbonyl (C=O) groups is 3. The monoisotopic (exact) mass is 489 g/mol. The SMILES string of the molecule is CCCC[C@H](c1ccc(C(=O)NCCC(=O)O)cc1)N1C(=O)C(c2ccccc2)=NC12CCCCC2. The van der Waals surface area contributed by atoms with E-state index in [9.17, 15) is 14.4 Å². The summed E-state index contributed by atoms with van der Waals surface area (Å²) < 4.78 is 0. The molecule has 0 aromatic heterocycles. The van der Waals surface area contributed by atoms with Crippen molar-refractivity contribution in [3.63, 3.8) is 0 Å². The van der Waals surface area contributed by atoms with Crippen LogP contribution in [0, 0.1) is 0 Å². The van der Waals surface area contributed by atoms with Gasteiger partial charge in [-0.1, -0.05) is 68.7 Å². The van der Waals surface area contributed by atoms with E-state index in [0.717, 1.165) is 62.5 Å². The van der Waals surface area contributed by atoms with E-state index in [1.165, 1.54) is 0 Å². The molecule has 36 heavy (non-hydrogen) atoms. The summed E-state index contributed by atoms with van der Waals surface area (Å²) in [6.45, 7) is 2.23. The molecule has 1 heterocycles. The van der Waals surface area contributed by atoms with Crippen LogP contribution in [0.25, 0.3) is 0 Å². The molecular formula is C29H35N3O4. The van der Waals surface area contributed by atoms with Crippen LogP contribution in [-0.4, -0.2) is 45.7 Å². The van der Waals surface area contributed by atoms with Gasteiger partial charge in [0.05, 0.1) is 12.5 Å². The second-order valence-electron chi connectivity index (χ2n) is 9.72. The Morgan fingerprint density at radius 1 is 1.06 bits per heavy atom. The number of aliphatic carboxylic acids is 1. The number of amides is 2. The summed E-state index contributed by atoms with van der Waals surface area (Å²) in [5, 5.41) is 11.4. The number of aliphatic imine (C=N–C) groups is 1. The Labute approximate surface area is 212 Å². The predicted molar refractivity (Wildman–Crippen MR) is 139 cm³/mol. The predicted octanol–water partition coefficient (Wildman–Crippen LogP) is 5.11. The van der Waals surface area contributed by atoms with Gasteiger partial charge < -0.3 is 15.3 Å². The van der Waals surface area contributed by atoms with Crippen LogP contribution in [0.1, 0.15) is 92.2 Å². The first-order chi connectivity index (χ1) is 17.4. The third-order valence-corrected chi connectivity index (χ3v) is 7.22. The largest absolute Gasteiger partial charge is 0.481 e. The van der Waals surface area contributed by atoms with Gasteiger partial charge in [0.25, 0.3) is 11.8 Å². The van der Waals surface area contributed by atoms with Crippen LogP contribution in [0.3, 0.4) is 0 Å². The van der Waals surface area contributed by atoms with Gasteiger partial charge in [0.2, 0.25) is 0 Å². The summed E-state index contributed by atoms with van der Waals surface area (Å²) >= 11 is 0. The molecule has 1 aliphatic carbocycles. The fourth-order valence-corrected chi connectivity index (χ4v) is 5.38. The highest BCUT2D eigenvalue weighted by molar-refractivity contribution is 6.46. The minimum atomic E-state index is -0.951. The first kappa shape index (κ1) is 25.6. The molecule has 1 atom stereocenters. The van der Waals surface area contributed by atoms with Crippen molar-refractivity contribution < 1.29 is 19.5 Å². The molecule has 0 unspecified atom stereocenters. The molecule has 1 saturated carbocycles. The topological polar surface area (TPSA) is 99.1 Å². The van der Waals surface area contributed by atoms with Gasteiger partial charge in [-0.2, -0.15) is 0 Å². The molecule has 7 nitrogen and oxygen atoms in total. The van der Waals surface area contributed by atoms with Crippen molar-refractivity contribution in [3.05, 3.63) is 71.3 Å². The lowest BCUT2D eigenvalue weighted by molar-refractivity contribution is -0.137. The maximum Gasteiger partial charge on any atom is 0.305 e. The van der Waals surface area contributed by atoms with Crippen LogP contribution in [0.15, 0.2) is 59.6 Å². The molecular weight excluding hydrogens is 454 g/mol. The van der Waals surface area contributed by atoms with Gasteiger partial charge in [-0.05, 0) is 49.8 Å². The number of carboxylic acid groups (broad SMARTS) is 1. The summed E-state index contributed by atoms with van der Waals surface area (Å²) in [5.41, 5.74) is 2.35. The van der Waals surface area contributed by atoms with Gasteiger partial charge in [0, 0.05) is 17.7 Å². The highest BCUT2D eigenvalue weighted by Crippen LogP contribution is 2.45. The van der Waals surface area contributed by atoms with E-state index in [1.807, 2.05) is 47.4 Å². The number of hydrogen-bond acceptors (Lipinski definition) is 4. The zero-order valence-electron chi connectivity index (χ0n) is 20.9. The first-order valence-corrected chi connectivity index (χ1v) is 13.0. The average molecular weight is 490 g/mol. The number of carboxylic acids is 1. The van der Waals surface area contributed by atoms with Gasteiger partial charge >= 0.3 is 5.97 Å². The number of unbranched alkanes of at least 4 members (excludes halogenated alkanes) is 1. The fraction of sp³-hybridized carbons (Fsp3) is 0.448. The molecule has 1 spiro atoms. The molecule has 2 aromatic rings. The second-order valence-corrected chi connectivity index (χ2v) is 9.72. The zero-order valence-corrected chi connectivity index (χ0v) is 20.9. The Bertz CT molecular complexity index is 1110. The minimum Gasteiger partial charge on any atom is -0.481 e. The van der Waals surface area contributed by atoms with Gasteiger partial charge in [0.1, 0.15) is 11.4 Å². The molecule has 0 bridgehead atoms. The molecule has 1 fully saturated rings. The van der Waals surface area contributed by atoms with E-state index in [0.29, 0.717) is 11.3 Å². The van der Waals surface area contributed by atoms with Crippen LogP contribution in [0.4, 0.5) is 0 Å². The Kier molecular flexibility index (Phi) is 8.18. The Hall–Kier alpha value is -3.48. The summed E-state index contributed by atoms with van der Waals surface area (Å²) in [4.78, 5) is 44.3. The van der Waals surface area contributed by atoms with E-state index < -0.39 is 11.6 Å². The molecule has 2 aromatic carbocycles. The van der Waals surface area contributed by atoms with Gasteiger partial charge in [-0.25, -0.2) is 0 Å². The Morgan fingerprint density at radius 3 is 2.39 bits per heavy atom. The van der Waals surface area contributed by atoms with E-state index in [-0.39, 0.29) is 30.8 Å². The molecule has 190 valence electrons. The molecule has 2 N–H and O–H groups in total. The number of nitrogens with one attached hydrogen (secondary N) is 1. The molecule has 0 saturated heterocycles. The Balaban J connectivity index is 1.64. The van der Waals surface area contributed by atoms with E-state index in [4.69, 9.17) is 10.1 Å². The van der Waals surface area contributed by atoms with Crippen molar-refractivity contribution >= 4 is 23.5 Å². The minimum absolute atomic E-state index is 0.0142. The second kappa shape index (κ2) is 11.5. The van der Waals surface area contributed by atoms with Gasteiger partial charge in [0.15, 0.2) is 0 Å². The van der Waals surface area contributed by atoms with Crippen molar-refractivity contribution in [3.8, 4) is 0 Å². The summed E-state index contributed by atoms with van der Waals surface area (Å²) in [5.74, 6) is -1.27. The maximum atomic E-state index is 14.0. The van der Waals surface area contributed by atoms with Crippen LogP contribution < -0.4 is 5.32 Å². The van der Waals surface area contributed by atoms with Crippen LogP contribution in [-0.2, 0) is 9.59 Å². The highest BCUT2D eigenvalue weighted by Gasteiger charge is 2.50.